The SMILES string of the molecule is COc1ccc2[nH]c(C)c(C(N)C3CCC3)c2c1. The molecule has 18 heavy (non-hydrogen) atoms. The van der Waals surface area contributed by atoms with Crippen molar-refractivity contribution >= 4 is 10.9 Å². The van der Waals surface area contributed by atoms with Gasteiger partial charge in [-0.05, 0) is 49.4 Å². The molecule has 0 bridgehead atoms. The Bertz CT molecular complexity index is 569. The van der Waals surface area contributed by atoms with Crippen LogP contribution in [0.3, 0.4) is 0 Å². The Morgan fingerprint density at radius 3 is 2.78 bits per heavy atom. The van der Waals surface area contributed by atoms with Crippen LogP contribution in [0.25, 0.3) is 10.9 Å². The van der Waals surface area contributed by atoms with Crippen LogP contribution < -0.4 is 10.5 Å². The van der Waals surface area contributed by atoms with Crippen LogP contribution in [0.4, 0.5) is 0 Å². The van der Waals surface area contributed by atoms with Gasteiger partial charge in [0.1, 0.15) is 5.75 Å². The second-order valence-corrected chi connectivity index (χ2v) is 5.29. The molecule has 1 saturated carbocycles. The van der Waals surface area contributed by atoms with Gasteiger partial charge in [0, 0.05) is 22.6 Å². The summed E-state index contributed by atoms with van der Waals surface area (Å²) in [4.78, 5) is 3.43. The Balaban J connectivity index is 2.10. The van der Waals surface area contributed by atoms with Gasteiger partial charge in [-0.3, -0.25) is 0 Å². The number of hydrogen-bond acceptors (Lipinski definition) is 2. The number of fused-ring (bicyclic) bond motifs is 1. The smallest absolute Gasteiger partial charge is 0.119 e. The van der Waals surface area contributed by atoms with Crippen molar-refractivity contribution in [1.29, 1.82) is 0 Å². The molecule has 1 aliphatic rings. The number of nitrogens with two attached hydrogens (primary N) is 1. The van der Waals surface area contributed by atoms with E-state index in [4.69, 9.17) is 10.5 Å². The third kappa shape index (κ3) is 1.70. The molecule has 3 heteroatoms. The van der Waals surface area contributed by atoms with Crippen LogP contribution in [-0.4, -0.2) is 12.1 Å². The summed E-state index contributed by atoms with van der Waals surface area (Å²) in [5, 5.41) is 1.21. The number of nitrogens with one attached hydrogen (secondary N) is 1. The normalized spacial score (nSPS) is 17.7. The van der Waals surface area contributed by atoms with Gasteiger partial charge in [0.15, 0.2) is 0 Å². The average Bonchev–Trinajstić information content (AvgIpc) is 2.61. The lowest BCUT2D eigenvalue weighted by Crippen LogP contribution is -2.27. The third-order valence-corrected chi connectivity index (χ3v) is 4.23. The van der Waals surface area contributed by atoms with E-state index in [1.54, 1.807) is 7.11 Å². The van der Waals surface area contributed by atoms with Gasteiger partial charge in [-0.1, -0.05) is 6.42 Å². The average molecular weight is 244 g/mol. The van der Waals surface area contributed by atoms with Crippen LogP contribution in [0.5, 0.6) is 5.75 Å². The molecule has 0 amide bonds. The van der Waals surface area contributed by atoms with Crippen LogP contribution in [0.1, 0.15) is 36.6 Å². The van der Waals surface area contributed by atoms with E-state index in [1.165, 1.54) is 35.9 Å². The maximum Gasteiger partial charge on any atom is 0.119 e. The van der Waals surface area contributed by atoms with Crippen molar-refractivity contribution in [2.24, 2.45) is 11.7 Å². The van der Waals surface area contributed by atoms with Crippen molar-refractivity contribution in [3.63, 3.8) is 0 Å². The molecule has 0 spiro atoms. The van der Waals surface area contributed by atoms with Crippen molar-refractivity contribution in [3.8, 4) is 5.75 Å². The Kier molecular flexibility index (Phi) is 2.78. The summed E-state index contributed by atoms with van der Waals surface area (Å²) >= 11 is 0. The molecule has 1 aromatic carbocycles. The quantitative estimate of drug-likeness (QED) is 0.870. The molecule has 2 aromatic rings. The number of H-pyrrole nitrogens is 1. The number of rotatable bonds is 3. The molecule has 96 valence electrons. The minimum atomic E-state index is 0.152. The van der Waals surface area contributed by atoms with Gasteiger partial charge < -0.3 is 15.5 Å². The molecule has 1 atom stereocenters. The maximum absolute atomic E-state index is 6.44. The summed E-state index contributed by atoms with van der Waals surface area (Å²) in [5.74, 6) is 1.54. The van der Waals surface area contributed by atoms with Crippen molar-refractivity contribution in [2.45, 2.75) is 32.2 Å². The van der Waals surface area contributed by atoms with E-state index >= 15 is 0 Å². The van der Waals surface area contributed by atoms with Gasteiger partial charge in [-0.2, -0.15) is 0 Å². The molecular formula is C15H20N2O. The molecule has 1 unspecified atom stereocenters. The molecule has 1 fully saturated rings. The fourth-order valence-electron chi connectivity index (χ4n) is 2.92. The molecule has 3 N–H and O–H groups in total. The third-order valence-electron chi connectivity index (χ3n) is 4.23. The fourth-order valence-corrected chi connectivity index (χ4v) is 2.92. The highest BCUT2D eigenvalue weighted by Crippen LogP contribution is 2.40. The first-order valence-electron chi connectivity index (χ1n) is 6.62. The summed E-state index contributed by atoms with van der Waals surface area (Å²) in [6.45, 7) is 2.11. The van der Waals surface area contributed by atoms with Gasteiger partial charge in [-0.25, -0.2) is 0 Å². The van der Waals surface area contributed by atoms with Gasteiger partial charge in [0.05, 0.1) is 7.11 Å². The molecule has 0 aliphatic heterocycles. The Hall–Kier alpha value is -1.48. The van der Waals surface area contributed by atoms with Crippen LogP contribution in [0.15, 0.2) is 18.2 Å². The van der Waals surface area contributed by atoms with Gasteiger partial charge in [-0.15, -0.1) is 0 Å². The highest BCUT2D eigenvalue weighted by atomic mass is 16.5. The number of ether oxygens (including phenoxy) is 1. The number of aromatic nitrogens is 1. The van der Waals surface area contributed by atoms with E-state index < -0.39 is 0 Å². The number of methoxy groups -OCH3 is 1. The second-order valence-electron chi connectivity index (χ2n) is 5.29. The maximum atomic E-state index is 6.44. The molecule has 3 nitrogen and oxygen atoms in total. The van der Waals surface area contributed by atoms with Gasteiger partial charge in [0.2, 0.25) is 0 Å². The highest BCUT2D eigenvalue weighted by molar-refractivity contribution is 5.86. The summed E-state index contributed by atoms with van der Waals surface area (Å²) < 4.78 is 5.31. The summed E-state index contributed by atoms with van der Waals surface area (Å²) in [6, 6.07) is 6.29. The minimum Gasteiger partial charge on any atom is -0.497 e. The zero-order valence-corrected chi connectivity index (χ0v) is 11.0. The fraction of sp³-hybridized carbons (Fsp3) is 0.467. The van der Waals surface area contributed by atoms with Gasteiger partial charge >= 0.3 is 0 Å². The minimum absolute atomic E-state index is 0.152. The van der Waals surface area contributed by atoms with E-state index in [1.807, 2.05) is 6.07 Å². The van der Waals surface area contributed by atoms with E-state index in [0.29, 0.717) is 5.92 Å². The van der Waals surface area contributed by atoms with Crippen LogP contribution in [-0.2, 0) is 0 Å². The predicted octanol–water partition coefficient (Wildman–Crippen LogP) is 3.28. The highest BCUT2D eigenvalue weighted by Gasteiger charge is 2.28. The topological polar surface area (TPSA) is 51.0 Å². The van der Waals surface area contributed by atoms with Crippen molar-refractivity contribution in [1.82, 2.24) is 4.98 Å². The van der Waals surface area contributed by atoms with Crippen molar-refractivity contribution < 1.29 is 4.74 Å². The van der Waals surface area contributed by atoms with Crippen LogP contribution >= 0.6 is 0 Å². The Labute approximate surface area is 107 Å². The van der Waals surface area contributed by atoms with E-state index in [0.717, 1.165) is 11.3 Å². The van der Waals surface area contributed by atoms with Crippen molar-refractivity contribution in [3.05, 3.63) is 29.5 Å². The zero-order valence-electron chi connectivity index (χ0n) is 11.0. The number of aryl methyl sites for hydroxylation is 1. The van der Waals surface area contributed by atoms with E-state index in [-0.39, 0.29) is 6.04 Å². The molecule has 1 aliphatic carbocycles. The number of hydrogen-bond donors (Lipinski definition) is 2. The molecule has 1 heterocycles. The summed E-state index contributed by atoms with van der Waals surface area (Å²) in [5.41, 5.74) is 10.1. The lowest BCUT2D eigenvalue weighted by molar-refractivity contribution is 0.265. The predicted molar refractivity (Wildman–Crippen MR) is 73.9 cm³/mol. The Morgan fingerprint density at radius 2 is 2.17 bits per heavy atom. The first kappa shape index (κ1) is 11.6. The van der Waals surface area contributed by atoms with Crippen LogP contribution in [0, 0.1) is 12.8 Å². The molecule has 1 aromatic heterocycles. The molecule has 0 radical (unpaired) electrons. The number of aromatic amines is 1. The first-order chi connectivity index (χ1) is 8.70. The molecule has 3 rings (SSSR count). The molecule has 0 saturated heterocycles. The first-order valence-corrected chi connectivity index (χ1v) is 6.62. The Morgan fingerprint density at radius 1 is 1.39 bits per heavy atom. The largest absolute Gasteiger partial charge is 0.497 e. The second kappa shape index (κ2) is 4.32. The number of benzene rings is 1. The van der Waals surface area contributed by atoms with Crippen LogP contribution in [0.2, 0.25) is 0 Å². The zero-order chi connectivity index (χ0) is 12.7. The lowest BCUT2D eigenvalue weighted by atomic mass is 9.77. The standard InChI is InChI=1S/C15H20N2O/c1-9-14(15(16)10-4-3-5-10)12-8-11(18-2)6-7-13(12)17-9/h6-8,10,15,17H,3-5,16H2,1-2H3. The molecular weight excluding hydrogens is 224 g/mol. The van der Waals surface area contributed by atoms with Gasteiger partial charge in [0.25, 0.3) is 0 Å². The monoisotopic (exact) mass is 244 g/mol. The lowest BCUT2D eigenvalue weighted by Gasteiger charge is -2.31. The van der Waals surface area contributed by atoms with Crippen molar-refractivity contribution in [2.75, 3.05) is 7.11 Å². The summed E-state index contributed by atoms with van der Waals surface area (Å²) in [7, 11) is 1.70. The van der Waals surface area contributed by atoms with E-state index in [9.17, 15) is 0 Å². The summed E-state index contributed by atoms with van der Waals surface area (Å²) in [6.07, 6.45) is 3.84. The van der Waals surface area contributed by atoms with E-state index in [2.05, 4.69) is 24.0 Å².